The van der Waals surface area contributed by atoms with Gasteiger partial charge in [-0.3, -0.25) is 14.4 Å². The molecule has 0 amide bonds. The Kier molecular flexibility index (Phi) is 6.30. The van der Waals surface area contributed by atoms with Gasteiger partial charge in [0.2, 0.25) is 0 Å². The fraction of sp³-hybridized carbons (Fsp3) is 0.471. The molecule has 1 atom stereocenters. The van der Waals surface area contributed by atoms with E-state index in [9.17, 15) is 14.4 Å². The van der Waals surface area contributed by atoms with Crippen LogP contribution in [0.3, 0.4) is 0 Å². The number of rotatable bonds is 5. The molecule has 0 spiro atoms. The minimum atomic E-state index is -0.787. The fourth-order valence-corrected chi connectivity index (χ4v) is 2.62. The first-order chi connectivity index (χ1) is 10.2. The van der Waals surface area contributed by atoms with Crippen LogP contribution in [0.4, 0.5) is 0 Å². The Labute approximate surface area is 135 Å². The minimum absolute atomic E-state index is 0.200. The molecule has 1 aliphatic carbocycles. The van der Waals surface area contributed by atoms with Gasteiger partial charge in [0.1, 0.15) is 12.2 Å². The third-order valence-electron chi connectivity index (χ3n) is 3.72. The Hall–Kier alpha value is -1.68. The van der Waals surface area contributed by atoms with Gasteiger partial charge in [-0.05, 0) is 42.1 Å². The maximum Gasteiger partial charge on any atom is 0.321 e. The number of ether oxygens (including phenoxy) is 1. The minimum Gasteiger partial charge on any atom is -0.453 e. The van der Waals surface area contributed by atoms with Gasteiger partial charge in [0.15, 0.2) is 11.9 Å². The molecular weight excluding hydrogens is 304 g/mol. The second kappa shape index (κ2) is 7.54. The zero-order valence-electron chi connectivity index (χ0n) is 13.3. The summed E-state index contributed by atoms with van der Waals surface area (Å²) >= 11 is 5.43. The number of carbonyl (C=O) groups is 3. The van der Waals surface area contributed by atoms with Gasteiger partial charge in [0.25, 0.3) is 0 Å². The lowest BCUT2D eigenvalue weighted by molar-refractivity contribution is -0.153. The van der Waals surface area contributed by atoms with Crippen molar-refractivity contribution >= 4 is 29.6 Å². The van der Waals surface area contributed by atoms with Crippen molar-refractivity contribution in [3.8, 4) is 0 Å². The molecular formula is C17H21ClO4. The van der Waals surface area contributed by atoms with Crippen LogP contribution < -0.4 is 0 Å². The highest BCUT2D eigenvalue weighted by Gasteiger charge is 2.39. The van der Waals surface area contributed by atoms with Gasteiger partial charge >= 0.3 is 5.97 Å². The van der Waals surface area contributed by atoms with Crippen molar-refractivity contribution in [2.75, 3.05) is 5.88 Å². The quantitative estimate of drug-likeness (QED) is 0.256. The number of ketones is 1. The highest BCUT2D eigenvalue weighted by Crippen LogP contribution is 2.40. The van der Waals surface area contributed by atoms with E-state index in [0.717, 1.165) is 17.4 Å². The lowest BCUT2D eigenvalue weighted by Crippen LogP contribution is -2.39. The standard InChI is InChI=1S/C17H21ClO4/c1-11(7-8-19)5-6-13-12(2)16(21)14(9-17(13,3)4)22-15(20)10-18/h5-8,14H,9-10H2,1-4H3. The first-order valence-electron chi connectivity index (χ1n) is 7.04. The van der Waals surface area contributed by atoms with Gasteiger partial charge in [-0.25, -0.2) is 0 Å². The molecule has 0 fully saturated rings. The average Bonchev–Trinajstić information content (AvgIpc) is 2.44. The molecule has 0 heterocycles. The number of carbonyl (C=O) groups excluding carboxylic acids is 3. The Morgan fingerprint density at radius 2 is 2.09 bits per heavy atom. The van der Waals surface area contributed by atoms with Gasteiger partial charge in [0, 0.05) is 6.42 Å². The number of Topliss-reactive ketones (excluding diaryl/α,β-unsaturated/α-hetero) is 1. The number of halogens is 1. The molecule has 0 aromatic heterocycles. The Balaban J connectivity index is 3.12. The molecule has 0 aliphatic heterocycles. The van der Waals surface area contributed by atoms with Crippen LogP contribution in [0.1, 0.15) is 34.1 Å². The highest BCUT2D eigenvalue weighted by atomic mass is 35.5. The first-order valence-corrected chi connectivity index (χ1v) is 7.57. The molecule has 5 heteroatoms. The predicted molar refractivity (Wildman–Crippen MR) is 85.7 cm³/mol. The molecule has 0 aromatic rings. The lowest BCUT2D eigenvalue weighted by Gasteiger charge is -2.36. The molecule has 1 rings (SSSR count). The monoisotopic (exact) mass is 324 g/mol. The molecule has 0 aromatic carbocycles. The molecule has 1 unspecified atom stereocenters. The number of alkyl halides is 1. The molecule has 4 nitrogen and oxygen atoms in total. The number of allylic oxidation sites excluding steroid dienone is 5. The maximum absolute atomic E-state index is 12.4. The molecule has 1 aliphatic rings. The molecule has 0 saturated carbocycles. The third kappa shape index (κ3) is 4.41. The van der Waals surface area contributed by atoms with Crippen LogP contribution in [-0.4, -0.2) is 30.0 Å². The average molecular weight is 325 g/mol. The maximum atomic E-state index is 12.4. The SMILES string of the molecule is CC(C=CC1=C(C)C(=O)C(OC(=O)CCl)CC1(C)C)=CC=O. The van der Waals surface area contributed by atoms with Crippen molar-refractivity contribution in [3.05, 3.63) is 34.9 Å². The largest absolute Gasteiger partial charge is 0.453 e. The lowest BCUT2D eigenvalue weighted by atomic mass is 9.71. The molecule has 120 valence electrons. The predicted octanol–water partition coefficient (Wildman–Crippen LogP) is 3.15. The summed E-state index contributed by atoms with van der Waals surface area (Å²) in [5.41, 5.74) is 1.93. The number of hydrogen-bond donors (Lipinski definition) is 0. The van der Waals surface area contributed by atoms with Crippen LogP contribution in [0.5, 0.6) is 0 Å². The van der Waals surface area contributed by atoms with Gasteiger partial charge in [-0.2, -0.15) is 0 Å². The molecule has 22 heavy (non-hydrogen) atoms. The summed E-state index contributed by atoms with van der Waals surface area (Å²) < 4.78 is 5.13. The number of esters is 1. The topological polar surface area (TPSA) is 60.4 Å². The number of hydrogen-bond acceptors (Lipinski definition) is 4. The summed E-state index contributed by atoms with van der Waals surface area (Å²) in [4.78, 5) is 34.1. The Morgan fingerprint density at radius 1 is 1.45 bits per heavy atom. The molecule has 0 N–H and O–H groups in total. The van der Waals surface area contributed by atoms with Crippen LogP contribution in [0.25, 0.3) is 0 Å². The van der Waals surface area contributed by atoms with Crippen LogP contribution in [0.15, 0.2) is 34.9 Å². The van der Waals surface area contributed by atoms with Crippen molar-refractivity contribution in [2.24, 2.45) is 5.41 Å². The van der Waals surface area contributed by atoms with Gasteiger partial charge < -0.3 is 4.74 Å². The second-order valence-electron chi connectivity index (χ2n) is 5.98. The third-order valence-corrected chi connectivity index (χ3v) is 3.94. The Morgan fingerprint density at radius 3 is 2.64 bits per heavy atom. The van der Waals surface area contributed by atoms with E-state index in [1.54, 1.807) is 13.0 Å². The van der Waals surface area contributed by atoms with Crippen LogP contribution >= 0.6 is 11.6 Å². The summed E-state index contributed by atoms with van der Waals surface area (Å²) in [6.45, 7) is 7.51. The number of aldehydes is 1. The van der Waals surface area contributed by atoms with Crippen molar-refractivity contribution in [1.29, 1.82) is 0 Å². The molecule has 0 radical (unpaired) electrons. The van der Waals surface area contributed by atoms with E-state index < -0.39 is 12.1 Å². The van der Waals surface area contributed by atoms with Crippen LogP contribution in [0.2, 0.25) is 0 Å². The van der Waals surface area contributed by atoms with E-state index in [1.165, 1.54) is 6.08 Å². The Bertz CT molecular complexity index is 567. The van der Waals surface area contributed by atoms with E-state index in [4.69, 9.17) is 16.3 Å². The highest BCUT2D eigenvalue weighted by molar-refractivity contribution is 6.26. The normalized spacial score (nSPS) is 22.1. The summed E-state index contributed by atoms with van der Waals surface area (Å²) in [6, 6.07) is 0. The zero-order chi connectivity index (χ0) is 16.9. The van der Waals surface area contributed by atoms with E-state index in [-0.39, 0.29) is 17.1 Å². The fourth-order valence-electron chi connectivity index (χ4n) is 2.56. The van der Waals surface area contributed by atoms with E-state index in [0.29, 0.717) is 12.0 Å². The van der Waals surface area contributed by atoms with Gasteiger partial charge in [-0.15, -0.1) is 11.6 Å². The van der Waals surface area contributed by atoms with E-state index >= 15 is 0 Å². The van der Waals surface area contributed by atoms with Gasteiger partial charge in [0.05, 0.1) is 0 Å². The molecule has 0 saturated heterocycles. The zero-order valence-corrected chi connectivity index (χ0v) is 14.1. The van der Waals surface area contributed by atoms with Crippen LogP contribution in [0, 0.1) is 5.41 Å². The van der Waals surface area contributed by atoms with Gasteiger partial charge in [-0.1, -0.05) is 26.0 Å². The van der Waals surface area contributed by atoms with Crippen molar-refractivity contribution in [3.63, 3.8) is 0 Å². The molecule has 0 bridgehead atoms. The van der Waals surface area contributed by atoms with Crippen molar-refractivity contribution in [2.45, 2.75) is 40.2 Å². The van der Waals surface area contributed by atoms with Crippen molar-refractivity contribution < 1.29 is 19.1 Å². The van der Waals surface area contributed by atoms with Crippen LogP contribution in [-0.2, 0) is 19.1 Å². The second-order valence-corrected chi connectivity index (χ2v) is 6.25. The summed E-state index contributed by atoms with van der Waals surface area (Å²) in [6.07, 6.45) is 5.44. The summed E-state index contributed by atoms with van der Waals surface area (Å²) in [7, 11) is 0. The summed E-state index contributed by atoms with van der Waals surface area (Å²) in [5, 5.41) is 0. The smallest absolute Gasteiger partial charge is 0.321 e. The van der Waals surface area contributed by atoms with Crippen molar-refractivity contribution in [1.82, 2.24) is 0 Å². The van der Waals surface area contributed by atoms with E-state index in [1.807, 2.05) is 26.8 Å². The summed E-state index contributed by atoms with van der Waals surface area (Å²) in [5.74, 6) is -1.06. The first kappa shape index (κ1) is 18.4. The van der Waals surface area contributed by atoms with E-state index in [2.05, 4.69) is 0 Å².